The number of halogens is 1. The fraction of sp³-hybridized carbons (Fsp3) is 0.667. The summed E-state index contributed by atoms with van der Waals surface area (Å²) in [6.45, 7) is 14.7. The molecule has 28 heavy (non-hydrogen) atoms. The molecule has 5 nitrogen and oxygen atoms in total. The predicted molar refractivity (Wildman–Crippen MR) is 118 cm³/mol. The molecule has 7 heteroatoms. The van der Waals surface area contributed by atoms with E-state index in [1.807, 2.05) is 53.7 Å². The molecule has 1 aromatic carbocycles. The van der Waals surface area contributed by atoms with E-state index in [1.54, 1.807) is 0 Å². The van der Waals surface area contributed by atoms with Gasteiger partial charge in [0.05, 0.1) is 12.2 Å². The fourth-order valence-electron chi connectivity index (χ4n) is 3.35. The first kappa shape index (κ1) is 24.9. The number of sulfonamides is 1. The van der Waals surface area contributed by atoms with Gasteiger partial charge in [-0.25, -0.2) is 8.42 Å². The highest BCUT2D eigenvalue weighted by Gasteiger charge is 2.21. The zero-order valence-electron chi connectivity index (χ0n) is 18.0. The normalized spacial score (nSPS) is 12.2. The average Bonchev–Trinajstić information content (AvgIpc) is 2.58. The second kappa shape index (κ2) is 11.2. The highest BCUT2D eigenvalue weighted by atomic mass is 35.5. The minimum atomic E-state index is -3.64. The molecule has 0 bridgehead atoms. The average molecular weight is 431 g/mol. The highest BCUT2D eigenvalue weighted by Crippen LogP contribution is 2.31. The van der Waals surface area contributed by atoms with Crippen molar-refractivity contribution in [2.45, 2.75) is 66.2 Å². The summed E-state index contributed by atoms with van der Waals surface area (Å²) in [6.07, 6.45) is 0.535. The van der Waals surface area contributed by atoms with E-state index >= 15 is 0 Å². The van der Waals surface area contributed by atoms with Gasteiger partial charge in [0.25, 0.3) is 0 Å². The van der Waals surface area contributed by atoms with Crippen LogP contribution in [0.25, 0.3) is 0 Å². The molecule has 0 aliphatic rings. The number of nitrogens with zero attached hydrogens (tertiary/aromatic N) is 1. The lowest BCUT2D eigenvalue weighted by Gasteiger charge is -2.20. The molecular weight excluding hydrogens is 396 g/mol. The van der Waals surface area contributed by atoms with Crippen LogP contribution >= 0.6 is 11.6 Å². The first-order chi connectivity index (χ1) is 13.0. The molecule has 0 unspecified atom stereocenters. The number of carbonyl (C=O) groups excluding carboxylic acids is 1. The second-order valence-electron chi connectivity index (χ2n) is 7.77. The van der Waals surface area contributed by atoms with E-state index in [2.05, 4.69) is 9.62 Å². The molecule has 0 fully saturated rings. The Balaban J connectivity index is 2.90. The van der Waals surface area contributed by atoms with E-state index in [-0.39, 0.29) is 24.0 Å². The largest absolute Gasteiger partial charge is 0.304 e. The Bertz CT molecular complexity index is 728. The van der Waals surface area contributed by atoms with Crippen LogP contribution in [0.4, 0.5) is 0 Å². The summed E-state index contributed by atoms with van der Waals surface area (Å²) in [7, 11) is -3.64. The summed E-state index contributed by atoms with van der Waals surface area (Å²) in [5.41, 5.74) is 2.86. The van der Waals surface area contributed by atoms with Gasteiger partial charge in [-0.05, 0) is 66.7 Å². The van der Waals surface area contributed by atoms with Crippen molar-refractivity contribution < 1.29 is 13.2 Å². The van der Waals surface area contributed by atoms with Gasteiger partial charge in [0, 0.05) is 5.02 Å². The van der Waals surface area contributed by atoms with Crippen molar-refractivity contribution in [2.75, 3.05) is 25.4 Å². The van der Waals surface area contributed by atoms with Crippen LogP contribution in [0, 0.1) is 0 Å². The molecule has 0 radical (unpaired) electrons. The number of hydrogen-bond donors (Lipinski definition) is 1. The molecular formula is C21H35ClN2O3S. The smallest absolute Gasteiger partial charge is 0.237 e. The van der Waals surface area contributed by atoms with Crippen LogP contribution in [-0.2, 0) is 21.2 Å². The molecule has 0 aromatic heterocycles. The van der Waals surface area contributed by atoms with Crippen molar-refractivity contribution in [2.24, 2.45) is 0 Å². The van der Waals surface area contributed by atoms with E-state index < -0.39 is 15.9 Å². The maximum absolute atomic E-state index is 12.5. The van der Waals surface area contributed by atoms with Gasteiger partial charge >= 0.3 is 0 Å². The molecule has 0 aliphatic heterocycles. The van der Waals surface area contributed by atoms with Crippen molar-refractivity contribution in [1.29, 1.82) is 0 Å². The maximum Gasteiger partial charge on any atom is 0.237 e. The lowest BCUT2D eigenvalue weighted by molar-refractivity contribution is -0.118. The number of nitrogens with one attached hydrogen (secondary N) is 1. The summed E-state index contributed by atoms with van der Waals surface area (Å²) >= 11 is 6.26. The van der Waals surface area contributed by atoms with Gasteiger partial charge in [-0.2, -0.15) is 0 Å². The summed E-state index contributed by atoms with van der Waals surface area (Å²) in [5, 5.41) is 0.639. The Morgan fingerprint density at radius 3 is 2.00 bits per heavy atom. The maximum atomic E-state index is 12.5. The molecule has 1 amide bonds. The number of hydrogen-bond acceptors (Lipinski definition) is 4. The molecule has 160 valence electrons. The van der Waals surface area contributed by atoms with Crippen molar-refractivity contribution in [3.8, 4) is 0 Å². The van der Waals surface area contributed by atoms with Crippen LogP contribution in [0.5, 0.6) is 0 Å². The molecule has 0 heterocycles. The zero-order chi connectivity index (χ0) is 21.5. The van der Waals surface area contributed by atoms with Crippen LogP contribution in [0.1, 0.15) is 76.5 Å². The second-order valence-corrected chi connectivity index (χ2v) is 10.1. The number of carbonyl (C=O) groups is 1. The third-order valence-corrected chi connectivity index (χ3v) is 6.50. The number of rotatable bonds is 11. The SMILES string of the molecule is CCN(CC)CCCS(=O)(=O)NC(=O)Cc1c(C(C)C)cc(Cl)cc1C(C)C. The third-order valence-electron chi connectivity index (χ3n) is 4.92. The van der Waals surface area contributed by atoms with Crippen LogP contribution < -0.4 is 4.72 Å². The van der Waals surface area contributed by atoms with Crippen molar-refractivity contribution in [1.82, 2.24) is 9.62 Å². The Morgan fingerprint density at radius 2 is 1.57 bits per heavy atom. The van der Waals surface area contributed by atoms with Crippen LogP contribution in [0.2, 0.25) is 5.02 Å². The van der Waals surface area contributed by atoms with Gasteiger partial charge < -0.3 is 4.90 Å². The van der Waals surface area contributed by atoms with Crippen LogP contribution in [0.3, 0.4) is 0 Å². The van der Waals surface area contributed by atoms with Crippen molar-refractivity contribution in [3.05, 3.63) is 33.8 Å². The van der Waals surface area contributed by atoms with Crippen molar-refractivity contribution >= 4 is 27.5 Å². The summed E-state index contributed by atoms with van der Waals surface area (Å²) in [6, 6.07) is 3.75. The number of amides is 1. The van der Waals surface area contributed by atoms with Crippen molar-refractivity contribution in [3.63, 3.8) is 0 Å². The van der Waals surface area contributed by atoms with Gasteiger partial charge in [0.15, 0.2) is 0 Å². The molecule has 0 spiro atoms. The Kier molecular flexibility index (Phi) is 9.95. The van der Waals surface area contributed by atoms with E-state index in [1.165, 1.54) is 0 Å². The first-order valence-corrected chi connectivity index (χ1v) is 12.1. The molecule has 1 N–H and O–H groups in total. The summed E-state index contributed by atoms with van der Waals surface area (Å²) in [5.74, 6) is -0.174. The molecule has 0 aliphatic carbocycles. The topological polar surface area (TPSA) is 66.5 Å². The van der Waals surface area contributed by atoms with Gasteiger partial charge in [-0.3, -0.25) is 9.52 Å². The quantitative estimate of drug-likeness (QED) is 0.568. The molecule has 1 rings (SSSR count). The Morgan fingerprint density at radius 1 is 1.07 bits per heavy atom. The fourth-order valence-corrected chi connectivity index (χ4v) is 4.62. The van der Waals surface area contributed by atoms with Crippen LogP contribution in [-0.4, -0.2) is 44.6 Å². The third kappa shape index (κ3) is 7.72. The van der Waals surface area contributed by atoms with Gasteiger partial charge in [0.2, 0.25) is 15.9 Å². The molecule has 0 saturated carbocycles. The van der Waals surface area contributed by atoms with E-state index in [9.17, 15) is 13.2 Å². The lowest BCUT2D eigenvalue weighted by Crippen LogP contribution is -2.35. The van der Waals surface area contributed by atoms with Gasteiger partial charge in [-0.1, -0.05) is 53.1 Å². The van der Waals surface area contributed by atoms with Gasteiger partial charge in [-0.15, -0.1) is 0 Å². The minimum Gasteiger partial charge on any atom is -0.304 e. The summed E-state index contributed by atoms with van der Waals surface area (Å²) < 4.78 is 26.9. The van der Waals surface area contributed by atoms with E-state index in [4.69, 9.17) is 11.6 Å². The summed E-state index contributed by atoms with van der Waals surface area (Å²) in [4.78, 5) is 14.7. The minimum absolute atomic E-state index is 0.0352. The molecule has 0 saturated heterocycles. The Hall–Kier alpha value is -1.11. The number of benzene rings is 1. The van der Waals surface area contributed by atoms with E-state index in [0.29, 0.717) is 18.0 Å². The first-order valence-electron chi connectivity index (χ1n) is 10.1. The molecule has 0 atom stereocenters. The highest BCUT2D eigenvalue weighted by molar-refractivity contribution is 7.90. The zero-order valence-corrected chi connectivity index (χ0v) is 19.6. The van der Waals surface area contributed by atoms with E-state index in [0.717, 1.165) is 29.8 Å². The van der Waals surface area contributed by atoms with Gasteiger partial charge in [0.1, 0.15) is 0 Å². The molecule has 1 aromatic rings. The monoisotopic (exact) mass is 430 g/mol. The predicted octanol–water partition coefficient (Wildman–Crippen LogP) is 4.31. The lowest BCUT2D eigenvalue weighted by atomic mass is 9.87. The Labute approximate surface area is 175 Å². The van der Waals surface area contributed by atoms with Crippen LogP contribution in [0.15, 0.2) is 12.1 Å². The standard InChI is InChI=1S/C21H35ClN2O3S/c1-7-24(8-2)10-9-11-28(26,27)23-21(25)14-20-18(15(3)4)12-17(22)13-19(20)16(5)6/h12-13,15-16H,7-11,14H2,1-6H3,(H,23,25).